The third-order valence-corrected chi connectivity index (χ3v) is 11.5. The molecule has 2 aliphatic carbocycles. The molecule has 0 aromatic rings. The predicted molar refractivity (Wildman–Crippen MR) is 300 cm³/mol. The summed E-state index contributed by atoms with van der Waals surface area (Å²) in [5, 5.41) is 0. The number of hydrogen-bond donors (Lipinski definition) is 0. The topological polar surface area (TPSA) is 9.72 Å². The minimum Gasteiger partial charge on any atom is -0.309 e. The van der Waals surface area contributed by atoms with Crippen LogP contribution in [0.15, 0.2) is 58.2 Å². The number of hydrogen-bond acceptors (Lipinski definition) is 3. The van der Waals surface area contributed by atoms with Gasteiger partial charge in [0, 0.05) is 5.41 Å². The van der Waals surface area contributed by atoms with Gasteiger partial charge in [-0.05, 0) is 162 Å². The molecule has 3 nitrogen and oxygen atoms in total. The van der Waals surface area contributed by atoms with Gasteiger partial charge in [-0.3, -0.25) is 0 Å². The van der Waals surface area contributed by atoms with Gasteiger partial charge in [-0.15, -0.1) is 0 Å². The molecule has 380 valence electrons. The van der Waals surface area contributed by atoms with Crippen molar-refractivity contribution in [1.82, 2.24) is 14.7 Å². The van der Waals surface area contributed by atoms with E-state index in [1.54, 1.807) is 22.3 Å². The van der Waals surface area contributed by atoms with E-state index in [9.17, 15) is 0 Å². The number of nitrogens with zero attached hydrogens (tertiary/aromatic N) is 3. The first kappa shape index (κ1) is 73.2. The van der Waals surface area contributed by atoms with Gasteiger partial charge in [0.25, 0.3) is 0 Å². The van der Waals surface area contributed by atoms with Gasteiger partial charge in [-0.25, -0.2) is 0 Å². The van der Waals surface area contributed by atoms with Crippen LogP contribution in [0.2, 0.25) is 0 Å². The average Bonchev–Trinajstić information content (AvgIpc) is 3.54. The Balaban J connectivity index is -0.000000573. The third kappa shape index (κ3) is 35.4. The van der Waals surface area contributed by atoms with Crippen molar-refractivity contribution in [3.63, 3.8) is 0 Å². The summed E-state index contributed by atoms with van der Waals surface area (Å²) in [7, 11) is 8.82. The fourth-order valence-electron chi connectivity index (χ4n) is 8.90. The lowest BCUT2D eigenvalue weighted by Gasteiger charge is -2.37. The average molecular weight is 889 g/mol. The summed E-state index contributed by atoms with van der Waals surface area (Å²) in [4.78, 5) is 7.42. The lowest BCUT2D eigenvalue weighted by molar-refractivity contribution is 0.235. The van der Waals surface area contributed by atoms with Crippen molar-refractivity contribution in [2.75, 3.05) is 60.9 Å². The van der Waals surface area contributed by atoms with Crippen molar-refractivity contribution in [3.05, 3.63) is 58.2 Å². The van der Waals surface area contributed by atoms with Crippen molar-refractivity contribution in [2.24, 2.45) is 5.41 Å². The van der Waals surface area contributed by atoms with Crippen LogP contribution in [0.5, 0.6) is 0 Å². The molecule has 0 radical (unpaired) electrons. The maximum atomic E-state index is 2.76. The molecule has 1 unspecified atom stereocenters. The lowest BCUT2D eigenvalue weighted by Crippen LogP contribution is -2.31. The van der Waals surface area contributed by atoms with Gasteiger partial charge in [0.2, 0.25) is 0 Å². The molecular formula is C60H125N3. The smallest absolute Gasteiger partial charge is 0.0139 e. The maximum absolute atomic E-state index is 2.76. The third-order valence-electron chi connectivity index (χ3n) is 11.5. The zero-order chi connectivity index (χ0) is 47.2. The summed E-state index contributed by atoms with van der Waals surface area (Å²) in [6.07, 6.45) is 44.2. The van der Waals surface area contributed by atoms with Crippen molar-refractivity contribution in [3.8, 4) is 0 Å². The van der Waals surface area contributed by atoms with E-state index in [0.29, 0.717) is 5.41 Å². The quantitative estimate of drug-likeness (QED) is 0.0507. The van der Waals surface area contributed by atoms with E-state index in [4.69, 9.17) is 0 Å². The van der Waals surface area contributed by atoms with E-state index in [-0.39, 0.29) is 14.9 Å². The van der Waals surface area contributed by atoms with E-state index >= 15 is 0 Å². The summed E-state index contributed by atoms with van der Waals surface area (Å²) in [6.45, 7) is 35.8. The van der Waals surface area contributed by atoms with Crippen molar-refractivity contribution in [2.45, 2.75) is 266 Å². The highest BCUT2D eigenvalue weighted by atomic mass is 15.1. The van der Waals surface area contributed by atoms with Crippen LogP contribution in [0.25, 0.3) is 0 Å². The summed E-state index contributed by atoms with van der Waals surface area (Å²) in [5.74, 6) is 0. The molecule has 2 rings (SSSR count). The van der Waals surface area contributed by atoms with Crippen molar-refractivity contribution >= 4 is 0 Å². The first-order valence-corrected chi connectivity index (χ1v) is 27.2. The van der Waals surface area contributed by atoms with Crippen LogP contribution in [0.4, 0.5) is 0 Å². The lowest BCUT2D eigenvalue weighted by atomic mass is 9.66. The highest BCUT2D eigenvalue weighted by Gasteiger charge is 2.43. The Labute approximate surface area is 403 Å². The van der Waals surface area contributed by atoms with Gasteiger partial charge in [0.15, 0.2) is 0 Å². The molecule has 0 amide bonds. The second-order valence-corrected chi connectivity index (χ2v) is 17.0. The van der Waals surface area contributed by atoms with Gasteiger partial charge in [-0.2, -0.15) is 0 Å². The van der Waals surface area contributed by atoms with Crippen LogP contribution < -0.4 is 0 Å². The first-order chi connectivity index (χ1) is 29.7. The van der Waals surface area contributed by atoms with Crippen LogP contribution in [-0.2, 0) is 0 Å². The highest BCUT2D eigenvalue weighted by Crippen LogP contribution is 2.57. The molecule has 0 N–H and O–H groups in total. The van der Waals surface area contributed by atoms with Crippen LogP contribution in [-0.4, -0.2) is 75.6 Å². The Bertz CT molecular complexity index is 1040. The van der Waals surface area contributed by atoms with Crippen LogP contribution in [0.3, 0.4) is 0 Å². The SMILES string of the molecule is C.C.CC.CC.CC.CC.CC/C=C\C1=C(CC)C(CCCCCCC/C(=C/CC)CCCCC)(CCCCCCN(CCCN(C)C)CCCN(C)C)C2=C1C=CCC2.CCC. The second kappa shape index (κ2) is 54.9. The minimum atomic E-state index is 0. The van der Waals surface area contributed by atoms with E-state index in [0.717, 1.165) is 6.42 Å². The van der Waals surface area contributed by atoms with E-state index < -0.39 is 0 Å². The fourth-order valence-corrected chi connectivity index (χ4v) is 8.90. The zero-order valence-corrected chi connectivity index (χ0v) is 45.7. The fraction of sp³-hybridized carbons (Fsp3) is 0.833. The predicted octanol–water partition coefficient (Wildman–Crippen LogP) is 19.9. The molecule has 0 saturated heterocycles. The molecule has 0 aromatic heterocycles. The molecule has 1 atom stereocenters. The Kier molecular flexibility index (Phi) is 63.8. The van der Waals surface area contributed by atoms with Gasteiger partial charge in [0.1, 0.15) is 0 Å². The molecule has 3 heteroatoms. The Morgan fingerprint density at radius 3 is 1.49 bits per heavy atom. The summed E-state index contributed by atoms with van der Waals surface area (Å²) in [6, 6.07) is 0. The Hall–Kier alpha value is -1.42. The standard InChI is InChI=1S/C47H85N3.C3H8.4C2H6.2CH4/c1-9-13-20-30-42(29-11-3)31-21-16-15-17-24-35-47(45(12-4)43(32-14-10-2)44-33-22-23-34-46(44)47)36-25-18-19-26-39-50(40-27-37-48(5)6)41-28-38-49(7)8;1-3-2;4*1-2;;/h14,22,29,32-33H,9-13,15-21,23-28,30-31,34-41H2,1-8H3;3H2,1-2H3;4*1-2H3;2*1H4/b32-14-,42-29+;;;;;;;. The first-order valence-electron chi connectivity index (χ1n) is 27.2. The molecule has 0 bridgehead atoms. The maximum Gasteiger partial charge on any atom is 0.0139 e. The zero-order valence-electron chi connectivity index (χ0n) is 45.7. The van der Waals surface area contributed by atoms with E-state index in [2.05, 4.69) is 115 Å². The van der Waals surface area contributed by atoms with Crippen LogP contribution in [0.1, 0.15) is 266 Å². The molecule has 0 aliphatic heterocycles. The number of unbranched alkanes of at least 4 members (excludes halogenated alkanes) is 9. The van der Waals surface area contributed by atoms with Gasteiger partial charge >= 0.3 is 0 Å². The van der Waals surface area contributed by atoms with E-state index in [1.807, 2.05) is 61.0 Å². The van der Waals surface area contributed by atoms with Gasteiger partial charge in [0.05, 0.1) is 0 Å². The monoisotopic (exact) mass is 888 g/mol. The van der Waals surface area contributed by atoms with Crippen molar-refractivity contribution < 1.29 is 0 Å². The van der Waals surface area contributed by atoms with Crippen LogP contribution >= 0.6 is 0 Å². The molecule has 0 aromatic carbocycles. The molecule has 63 heavy (non-hydrogen) atoms. The normalized spacial score (nSPS) is 15.2. The summed E-state index contributed by atoms with van der Waals surface area (Å²) < 4.78 is 0. The van der Waals surface area contributed by atoms with Crippen molar-refractivity contribution in [1.29, 1.82) is 0 Å². The minimum absolute atomic E-state index is 0. The Morgan fingerprint density at radius 2 is 1.03 bits per heavy atom. The Morgan fingerprint density at radius 1 is 0.571 bits per heavy atom. The molecule has 0 heterocycles. The number of rotatable bonds is 31. The second-order valence-electron chi connectivity index (χ2n) is 17.0. The number of allylic oxidation sites excluding steroid dienone is 10. The molecule has 0 fully saturated rings. The molecule has 2 aliphatic rings. The largest absolute Gasteiger partial charge is 0.309 e. The molecule has 0 spiro atoms. The molecule has 0 saturated carbocycles. The summed E-state index contributed by atoms with van der Waals surface area (Å²) in [5.41, 5.74) is 8.87. The van der Waals surface area contributed by atoms with Crippen LogP contribution in [0, 0.1) is 5.41 Å². The van der Waals surface area contributed by atoms with Gasteiger partial charge in [-0.1, -0.05) is 223 Å². The van der Waals surface area contributed by atoms with Gasteiger partial charge < -0.3 is 14.7 Å². The van der Waals surface area contributed by atoms with E-state index in [1.165, 1.54) is 180 Å². The summed E-state index contributed by atoms with van der Waals surface area (Å²) >= 11 is 0. The molecular weight excluding hydrogens is 763 g/mol. The highest BCUT2D eigenvalue weighted by molar-refractivity contribution is 5.63.